The van der Waals surface area contributed by atoms with E-state index in [4.69, 9.17) is 5.14 Å². The van der Waals surface area contributed by atoms with E-state index in [9.17, 15) is 17.6 Å². The molecule has 0 heterocycles. The van der Waals surface area contributed by atoms with Crippen LogP contribution >= 0.6 is 0 Å². The van der Waals surface area contributed by atoms with E-state index < -0.39 is 21.7 Å². The van der Waals surface area contributed by atoms with Gasteiger partial charge in [0, 0.05) is 6.54 Å². The fourth-order valence-corrected chi connectivity index (χ4v) is 2.34. The van der Waals surface area contributed by atoms with E-state index in [1.807, 2.05) is 20.8 Å². The van der Waals surface area contributed by atoms with Crippen LogP contribution in [0.25, 0.3) is 0 Å². The summed E-state index contributed by atoms with van der Waals surface area (Å²) < 4.78 is 36.7. The third-order valence-corrected chi connectivity index (χ3v) is 3.85. The summed E-state index contributed by atoms with van der Waals surface area (Å²) in [5.74, 6) is -1.39. The van der Waals surface area contributed by atoms with E-state index >= 15 is 0 Å². The molecule has 3 N–H and O–H groups in total. The molecule has 1 aromatic carbocycles. The number of primary sulfonamides is 1. The fraction of sp³-hybridized carbons (Fsp3) is 0.500. The van der Waals surface area contributed by atoms with Gasteiger partial charge in [-0.25, -0.2) is 17.9 Å². The molecule has 0 saturated carbocycles. The van der Waals surface area contributed by atoms with Crippen molar-refractivity contribution in [2.45, 2.75) is 39.0 Å². The number of hydrogen-bond acceptors (Lipinski definition) is 3. The van der Waals surface area contributed by atoms with Crippen molar-refractivity contribution in [2.75, 3.05) is 6.54 Å². The van der Waals surface area contributed by atoms with Gasteiger partial charge in [-0.05, 0) is 36.5 Å². The van der Waals surface area contributed by atoms with Crippen molar-refractivity contribution >= 4 is 15.9 Å². The van der Waals surface area contributed by atoms with Crippen LogP contribution in [0.2, 0.25) is 0 Å². The monoisotopic (exact) mass is 316 g/mol. The lowest BCUT2D eigenvalue weighted by Crippen LogP contribution is -2.28. The van der Waals surface area contributed by atoms with E-state index in [1.165, 1.54) is 6.92 Å². The maximum Gasteiger partial charge on any atom is 0.254 e. The van der Waals surface area contributed by atoms with Crippen LogP contribution in [0, 0.1) is 18.2 Å². The number of halogens is 1. The first-order chi connectivity index (χ1) is 9.42. The zero-order valence-electron chi connectivity index (χ0n) is 12.7. The van der Waals surface area contributed by atoms with Crippen molar-refractivity contribution in [3.63, 3.8) is 0 Å². The first-order valence-corrected chi connectivity index (χ1v) is 8.07. The highest BCUT2D eigenvalue weighted by molar-refractivity contribution is 7.89. The van der Waals surface area contributed by atoms with Crippen molar-refractivity contribution in [3.8, 4) is 0 Å². The summed E-state index contributed by atoms with van der Waals surface area (Å²) in [5.41, 5.74) is -0.222. The second-order valence-corrected chi connectivity index (χ2v) is 7.77. The normalized spacial score (nSPS) is 12.3. The molecule has 5 nitrogen and oxygen atoms in total. The van der Waals surface area contributed by atoms with Gasteiger partial charge >= 0.3 is 0 Å². The number of nitrogens with one attached hydrogen (secondary N) is 1. The maximum absolute atomic E-state index is 14.0. The highest BCUT2D eigenvalue weighted by Gasteiger charge is 2.19. The van der Waals surface area contributed by atoms with Gasteiger partial charge in [-0.15, -0.1) is 0 Å². The van der Waals surface area contributed by atoms with Crippen LogP contribution in [-0.2, 0) is 10.0 Å². The minimum atomic E-state index is -3.99. The SMILES string of the molecule is Cc1cc(S(N)(=O)=O)cc(C(=O)NCCC(C)(C)C)c1F. The van der Waals surface area contributed by atoms with Crippen LogP contribution in [0.15, 0.2) is 17.0 Å². The van der Waals surface area contributed by atoms with E-state index in [0.717, 1.165) is 12.1 Å². The van der Waals surface area contributed by atoms with Crippen molar-refractivity contribution in [3.05, 3.63) is 29.1 Å². The molecular formula is C14H21FN2O3S. The molecule has 0 saturated heterocycles. The Kier molecular flexibility index (Phi) is 5.11. The number of amides is 1. The Balaban J connectivity index is 3.02. The Morgan fingerprint density at radius 3 is 2.38 bits per heavy atom. The summed E-state index contributed by atoms with van der Waals surface area (Å²) in [5, 5.41) is 7.61. The molecule has 0 bridgehead atoms. The van der Waals surface area contributed by atoms with Gasteiger partial charge in [0.05, 0.1) is 10.5 Å². The number of carbonyl (C=O) groups excluding carboxylic acids is 1. The lowest BCUT2D eigenvalue weighted by molar-refractivity contribution is 0.0945. The Hall–Kier alpha value is -1.47. The zero-order chi connectivity index (χ0) is 16.4. The first-order valence-electron chi connectivity index (χ1n) is 6.53. The lowest BCUT2D eigenvalue weighted by Gasteiger charge is -2.18. The van der Waals surface area contributed by atoms with Crippen LogP contribution in [0.3, 0.4) is 0 Å². The van der Waals surface area contributed by atoms with E-state index in [-0.39, 0.29) is 21.4 Å². The number of rotatable bonds is 4. The van der Waals surface area contributed by atoms with Gasteiger partial charge in [-0.2, -0.15) is 0 Å². The Bertz CT molecular complexity index is 649. The molecule has 1 amide bonds. The molecule has 1 aromatic rings. The van der Waals surface area contributed by atoms with Gasteiger partial charge in [0.1, 0.15) is 5.82 Å². The van der Waals surface area contributed by atoms with Gasteiger partial charge < -0.3 is 5.32 Å². The molecule has 0 atom stereocenters. The molecule has 0 radical (unpaired) electrons. The summed E-state index contributed by atoms with van der Waals surface area (Å²) in [4.78, 5) is 11.7. The number of hydrogen-bond donors (Lipinski definition) is 2. The van der Waals surface area contributed by atoms with Crippen LogP contribution in [0.1, 0.15) is 43.1 Å². The summed E-state index contributed by atoms with van der Waals surface area (Å²) in [6.45, 7) is 7.82. The number of carbonyl (C=O) groups is 1. The molecular weight excluding hydrogens is 295 g/mol. The molecule has 1 rings (SSSR count). The van der Waals surface area contributed by atoms with Crippen LogP contribution < -0.4 is 10.5 Å². The van der Waals surface area contributed by atoms with Crippen LogP contribution in [0.5, 0.6) is 0 Å². The van der Waals surface area contributed by atoms with Crippen molar-refractivity contribution in [2.24, 2.45) is 10.6 Å². The van der Waals surface area contributed by atoms with E-state index in [0.29, 0.717) is 13.0 Å². The van der Waals surface area contributed by atoms with Crippen molar-refractivity contribution in [1.29, 1.82) is 0 Å². The molecule has 0 spiro atoms. The molecule has 118 valence electrons. The Morgan fingerprint density at radius 1 is 1.33 bits per heavy atom. The number of benzene rings is 1. The topological polar surface area (TPSA) is 89.3 Å². The molecule has 0 aromatic heterocycles. The molecule has 21 heavy (non-hydrogen) atoms. The van der Waals surface area contributed by atoms with Crippen LogP contribution in [-0.4, -0.2) is 20.9 Å². The average molecular weight is 316 g/mol. The summed E-state index contributed by atoms with van der Waals surface area (Å²) in [7, 11) is -3.99. The largest absolute Gasteiger partial charge is 0.352 e. The lowest BCUT2D eigenvalue weighted by atomic mass is 9.92. The number of sulfonamides is 1. The molecule has 0 unspecified atom stereocenters. The first kappa shape index (κ1) is 17.6. The van der Waals surface area contributed by atoms with E-state index in [1.54, 1.807) is 0 Å². The summed E-state index contributed by atoms with van der Waals surface area (Å²) >= 11 is 0. The van der Waals surface area contributed by atoms with Gasteiger partial charge in [0.15, 0.2) is 0 Å². The van der Waals surface area contributed by atoms with Crippen LogP contribution in [0.4, 0.5) is 4.39 Å². The number of nitrogens with two attached hydrogens (primary N) is 1. The smallest absolute Gasteiger partial charge is 0.254 e. The standard InChI is InChI=1S/C14H21FN2O3S/c1-9-7-10(21(16,19)20)8-11(12(9)15)13(18)17-6-5-14(2,3)4/h7-8H,5-6H2,1-4H3,(H,17,18)(H2,16,19,20). The Labute approximate surface area is 124 Å². The van der Waals surface area contributed by atoms with Crippen molar-refractivity contribution in [1.82, 2.24) is 5.32 Å². The number of aryl methyl sites for hydroxylation is 1. The molecule has 0 aliphatic heterocycles. The predicted molar refractivity (Wildman–Crippen MR) is 78.9 cm³/mol. The van der Waals surface area contributed by atoms with Gasteiger partial charge in [0.2, 0.25) is 10.0 Å². The fourth-order valence-electron chi connectivity index (χ4n) is 1.71. The Morgan fingerprint density at radius 2 is 1.90 bits per heavy atom. The zero-order valence-corrected chi connectivity index (χ0v) is 13.5. The predicted octanol–water partition coefficient (Wildman–Crippen LogP) is 1.95. The van der Waals surface area contributed by atoms with Gasteiger partial charge in [-0.1, -0.05) is 20.8 Å². The third kappa shape index (κ3) is 5.09. The quantitative estimate of drug-likeness (QED) is 0.889. The highest BCUT2D eigenvalue weighted by atomic mass is 32.2. The molecule has 7 heteroatoms. The van der Waals surface area contributed by atoms with Gasteiger partial charge in [-0.3, -0.25) is 4.79 Å². The second-order valence-electron chi connectivity index (χ2n) is 6.21. The third-order valence-electron chi connectivity index (χ3n) is 2.96. The highest BCUT2D eigenvalue weighted by Crippen LogP contribution is 2.20. The molecule has 0 fully saturated rings. The summed E-state index contributed by atoms with van der Waals surface area (Å²) in [6, 6.07) is 2.07. The molecule has 0 aliphatic rings. The maximum atomic E-state index is 14.0. The minimum Gasteiger partial charge on any atom is -0.352 e. The van der Waals surface area contributed by atoms with Crippen molar-refractivity contribution < 1.29 is 17.6 Å². The molecule has 0 aliphatic carbocycles. The van der Waals surface area contributed by atoms with Gasteiger partial charge in [0.25, 0.3) is 5.91 Å². The second kappa shape index (κ2) is 6.11. The minimum absolute atomic E-state index is 0.0319. The van der Waals surface area contributed by atoms with E-state index in [2.05, 4.69) is 5.32 Å². The summed E-state index contributed by atoms with van der Waals surface area (Å²) in [6.07, 6.45) is 0.716. The average Bonchev–Trinajstić information content (AvgIpc) is 2.29.